The van der Waals surface area contributed by atoms with Crippen LogP contribution in [-0.2, 0) is 0 Å². The molecule has 1 radical (unpaired) electrons. The molecule has 0 unspecified atom stereocenters. The summed E-state index contributed by atoms with van der Waals surface area (Å²) in [6.07, 6.45) is 0. The van der Waals surface area contributed by atoms with Gasteiger partial charge in [-0.3, -0.25) is 0 Å². The third-order valence-electron chi connectivity index (χ3n) is 0.734. The molecule has 0 aliphatic rings. The summed E-state index contributed by atoms with van der Waals surface area (Å²) < 4.78 is 0.847. The highest BCUT2D eigenvalue weighted by Gasteiger charge is 1.90. The van der Waals surface area contributed by atoms with Crippen molar-refractivity contribution in [3.8, 4) is 0 Å². The zero-order valence-electron chi connectivity index (χ0n) is 3.86. The molecule has 2 heteroatoms. The third kappa shape index (κ3) is 0.956. The number of aryl methyl sites for hydroxylation is 1. The Morgan fingerprint density at radius 1 is 1.86 bits per heavy atom. The summed E-state index contributed by atoms with van der Waals surface area (Å²) in [6.45, 7) is 1.97. The first kappa shape index (κ1) is 5.13. The minimum Gasteiger partial charge on any atom is -0.122 e. The van der Waals surface area contributed by atoms with Gasteiger partial charge in [0.15, 0.2) is 0 Å². The van der Waals surface area contributed by atoms with Crippen LogP contribution in [0.2, 0.25) is 4.34 Å². The second-order valence-electron chi connectivity index (χ2n) is 1.32. The average molecular weight is 132 g/mol. The van der Waals surface area contributed by atoms with Crippen LogP contribution in [0, 0.1) is 12.3 Å². The zero-order valence-corrected chi connectivity index (χ0v) is 5.44. The first-order valence-corrected chi connectivity index (χ1v) is 3.12. The second-order valence-corrected chi connectivity index (χ2v) is 2.77. The molecule has 0 N–H and O–H groups in total. The molecule has 1 aromatic heterocycles. The molecule has 0 aliphatic heterocycles. The van der Waals surface area contributed by atoms with Crippen molar-refractivity contribution >= 4 is 22.9 Å². The van der Waals surface area contributed by atoms with Crippen LogP contribution in [0.4, 0.5) is 0 Å². The lowest BCUT2D eigenvalue weighted by molar-refractivity contribution is 1.55. The van der Waals surface area contributed by atoms with Gasteiger partial charge in [0.2, 0.25) is 0 Å². The topological polar surface area (TPSA) is 0 Å². The molecular formula is C5H4ClS. The van der Waals surface area contributed by atoms with Crippen LogP contribution in [0.5, 0.6) is 0 Å². The summed E-state index contributed by atoms with van der Waals surface area (Å²) in [5, 5.41) is 2.91. The van der Waals surface area contributed by atoms with Gasteiger partial charge < -0.3 is 0 Å². The SMILES string of the molecule is Cc1c[c]sc1Cl. The van der Waals surface area contributed by atoms with Gasteiger partial charge in [0, 0.05) is 5.38 Å². The number of hydrogen-bond acceptors (Lipinski definition) is 1. The average Bonchev–Trinajstić information content (AvgIpc) is 1.91. The van der Waals surface area contributed by atoms with Gasteiger partial charge in [0.05, 0.1) is 4.34 Å². The molecule has 0 amide bonds. The summed E-state index contributed by atoms with van der Waals surface area (Å²) in [5.41, 5.74) is 1.12. The maximum Gasteiger partial charge on any atom is 0.0964 e. The molecule has 0 nitrogen and oxygen atoms in total. The molecule has 7 heavy (non-hydrogen) atoms. The van der Waals surface area contributed by atoms with Crippen molar-refractivity contribution in [2.45, 2.75) is 6.92 Å². The number of hydrogen-bond donors (Lipinski definition) is 0. The van der Waals surface area contributed by atoms with E-state index >= 15 is 0 Å². The number of halogens is 1. The highest BCUT2D eigenvalue weighted by Crippen LogP contribution is 2.19. The summed E-state index contributed by atoms with van der Waals surface area (Å²) in [4.78, 5) is 0. The van der Waals surface area contributed by atoms with Crippen molar-refractivity contribution in [1.29, 1.82) is 0 Å². The normalized spacial score (nSPS) is 9.43. The van der Waals surface area contributed by atoms with Crippen LogP contribution in [0.25, 0.3) is 0 Å². The summed E-state index contributed by atoms with van der Waals surface area (Å²) in [7, 11) is 0. The fourth-order valence-corrected chi connectivity index (χ4v) is 1.05. The fourth-order valence-electron chi connectivity index (χ4n) is 0.307. The Kier molecular flexibility index (Phi) is 1.35. The molecule has 0 aliphatic carbocycles. The molecule has 37 valence electrons. The van der Waals surface area contributed by atoms with Crippen LogP contribution in [-0.4, -0.2) is 0 Å². The molecule has 0 aromatic carbocycles. The Morgan fingerprint density at radius 2 is 2.57 bits per heavy atom. The van der Waals surface area contributed by atoms with E-state index in [1.807, 2.05) is 13.0 Å². The van der Waals surface area contributed by atoms with E-state index in [2.05, 4.69) is 5.38 Å². The molecule has 0 fully saturated rings. The van der Waals surface area contributed by atoms with Crippen LogP contribution >= 0.6 is 22.9 Å². The predicted octanol–water partition coefficient (Wildman–Crippen LogP) is 2.51. The van der Waals surface area contributed by atoms with Gasteiger partial charge in [0.25, 0.3) is 0 Å². The van der Waals surface area contributed by atoms with E-state index < -0.39 is 0 Å². The molecule has 0 bridgehead atoms. The molecule has 0 saturated carbocycles. The smallest absolute Gasteiger partial charge is 0.0964 e. The van der Waals surface area contributed by atoms with E-state index in [-0.39, 0.29) is 0 Å². The molecule has 0 saturated heterocycles. The molecule has 1 aromatic rings. The Morgan fingerprint density at radius 3 is 2.71 bits per heavy atom. The van der Waals surface area contributed by atoms with Crippen molar-refractivity contribution in [3.63, 3.8) is 0 Å². The van der Waals surface area contributed by atoms with E-state index in [1.54, 1.807) is 0 Å². The standard InChI is InChI=1S/C5H4ClS/c1-4-2-3-7-5(4)6/h2H,1H3. The van der Waals surface area contributed by atoms with E-state index in [1.165, 1.54) is 11.3 Å². The van der Waals surface area contributed by atoms with E-state index in [4.69, 9.17) is 11.6 Å². The number of thiophene rings is 1. The van der Waals surface area contributed by atoms with Crippen molar-refractivity contribution < 1.29 is 0 Å². The predicted molar refractivity (Wildman–Crippen MR) is 32.9 cm³/mol. The highest BCUT2D eigenvalue weighted by atomic mass is 35.5. The molecule has 1 rings (SSSR count). The largest absolute Gasteiger partial charge is 0.122 e. The Labute approximate surface area is 51.7 Å². The molecule has 0 spiro atoms. The quantitative estimate of drug-likeness (QED) is 0.508. The highest BCUT2D eigenvalue weighted by molar-refractivity contribution is 7.14. The maximum atomic E-state index is 5.61. The maximum absolute atomic E-state index is 5.61. The summed E-state index contributed by atoms with van der Waals surface area (Å²) in [5.74, 6) is 0. The molecule has 0 atom stereocenters. The summed E-state index contributed by atoms with van der Waals surface area (Å²) in [6, 6.07) is 1.88. The van der Waals surface area contributed by atoms with Crippen molar-refractivity contribution in [3.05, 3.63) is 21.3 Å². The van der Waals surface area contributed by atoms with Crippen molar-refractivity contribution in [1.82, 2.24) is 0 Å². The van der Waals surface area contributed by atoms with Crippen LogP contribution in [0.1, 0.15) is 5.56 Å². The first-order chi connectivity index (χ1) is 3.30. The second kappa shape index (κ2) is 1.85. The zero-order chi connectivity index (χ0) is 5.28. The van der Waals surface area contributed by atoms with E-state index in [0.717, 1.165) is 9.90 Å². The Bertz CT molecular complexity index is 140. The van der Waals surface area contributed by atoms with Crippen LogP contribution < -0.4 is 0 Å². The lowest BCUT2D eigenvalue weighted by Gasteiger charge is -1.76. The van der Waals surface area contributed by atoms with Gasteiger partial charge in [-0.05, 0) is 18.6 Å². The fraction of sp³-hybridized carbons (Fsp3) is 0.200. The van der Waals surface area contributed by atoms with Gasteiger partial charge in [0.1, 0.15) is 0 Å². The minimum absolute atomic E-state index is 0.847. The van der Waals surface area contributed by atoms with Crippen LogP contribution in [0.3, 0.4) is 0 Å². The van der Waals surface area contributed by atoms with E-state index in [0.29, 0.717) is 0 Å². The van der Waals surface area contributed by atoms with Crippen molar-refractivity contribution in [2.75, 3.05) is 0 Å². The monoisotopic (exact) mass is 131 g/mol. The Balaban J connectivity index is 3.12. The van der Waals surface area contributed by atoms with Gasteiger partial charge in [-0.25, -0.2) is 0 Å². The first-order valence-electron chi connectivity index (χ1n) is 1.92. The van der Waals surface area contributed by atoms with Gasteiger partial charge >= 0.3 is 0 Å². The van der Waals surface area contributed by atoms with Crippen molar-refractivity contribution in [2.24, 2.45) is 0 Å². The third-order valence-corrected chi connectivity index (χ3v) is 2.00. The summed E-state index contributed by atoms with van der Waals surface area (Å²) >= 11 is 7.06. The van der Waals surface area contributed by atoms with Crippen LogP contribution in [0.15, 0.2) is 6.07 Å². The molecular weight excluding hydrogens is 128 g/mol. The lowest BCUT2D eigenvalue weighted by Crippen LogP contribution is -1.54. The minimum atomic E-state index is 0.847. The lowest BCUT2D eigenvalue weighted by atomic mass is 10.4. The Hall–Kier alpha value is -0.0100. The van der Waals surface area contributed by atoms with Gasteiger partial charge in [-0.1, -0.05) is 11.6 Å². The van der Waals surface area contributed by atoms with Gasteiger partial charge in [-0.2, -0.15) is 0 Å². The molecule has 1 heterocycles. The number of rotatable bonds is 0. The van der Waals surface area contributed by atoms with Gasteiger partial charge in [-0.15, -0.1) is 11.3 Å². The van der Waals surface area contributed by atoms with E-state index in [9.17, 15) is 0 Å².